The Balaban J connectivity index is 1.08. The van der Waals surface area contributed by atoms with Gasteiger partial charge in [-0.1, -0.05) is 172 Å². The Morgan fingerprint density at radius 2 is 1.07 bits per heavy atom. The molecule has 10 rings (SSSR count). The molecule has 7 aromatic rings. The Kier molecular flexibility index (Phi) is 9.55. The van der Waals surface area contributed by atoms with Gasteiger partial charge < -0.3 is 9.80 Å². The van der Waals surface area contributed by atoms with Crippen molar-refractivity contribution in [3.8, 4) is 22.3 Å². The molecule has 3 aliphatic rings. The minimum atomic E-state index is 0.00938. The van der Waals surface area contributed by atoms with Crippen molar-refractivity contribution in [1.29, 1.82) is 0 Å². The SMILES string of the molecule is CC1(C)c2ccccc2C2C=CC(N(c3ccc(C4C=CC=CC4)cc3)c3ccc(-c4ccc(N(c5ccccc5)c5ccccc5)cc4)c(-c4ccccc4)c3)=CC21. The van der Waals surface area contributed by atoms with E-state index in [-0.39, 0.29) is 5.41 Å². The van der Waals surface area contributed by atoms with Gasteiger partial charge in [-0.25, -0.2) is 0 Å². The molecule has 0 amide bonds. The highest BCUT2D eigenvalue weighted by Gasteiger charge is 2.45. The van der Waals surface area contributed by atoms with Gasteiger partial charge in [-0.15, -0.1) is 0 Å². The largest absolute Gasteiger partial charge is 0.311 e. The Morgan fingerprint density at radius 1 is 0.492 bits per heavy atom. The molecule has 0 saturated carbocycles. The molecule has 0 bridgehead atoms. The summed E-state index contributed by atoms with van der Waals surface area (Å²) in [4.78, 5) is 4.79. The van der Waals surface area contributed by atoms with Gasteiger partial charge in [-0.3, -0.25) is 0 Å². The third-order valence-electron chi connectivity index (χ3n) is 12.7. The lowest BCUT2D eigenvalue weighted by molar-refractivity contribution is 0.392. The maximum absolute atomic E-state index is 2.55. The van der Waals surface area contributed by atoms with E-state index in [4.69, 9.17) is 0 Å². The summed E-state index contributed by atoms with van der Waals surface area (Å²) < 4.78 is 0. The second-order valence-corrected chi connectivity index (χ2v) is 16.5. The normalized spacial score (nSPS) is 18.5. The summed E-state index contributed by atoms with van der Waals surface area (Å²) in [6.07, 6.45) is 17.3. The zero-order valence-electron chi connectivity index (χ0n) is 33.7. The van der Waals surface area contributed by atoms with Crippen LogP contribution in [-0.2, 0) is 5.41 Å². The first-order valence-electron chi connectivity index (χ1n) is 21.0. The van der Waals surface area contributed by atoms with E-state index in [9.17, 15) is 0 Å². The van der Waals surface area contributed by atoms with Crippen molar-refractivity contribution in [2.75, 3.05) is 9.80 Å². The molecule has 0 aliphatic heterocycles. The molecule has 286 valence electrons. The van der Waals surface area contributed by atoms with Crippen LogP contribution < -0.4 is 9.80 Å². The molecule has 2 heteroatoms. The molecule has 0 heterocycles. The van der Waals surface area contributed by atoms with E-state index < -0.39 is 0 Å². The molecule has 0 N–H and O–H groups in total. The smallest absolute Gasteiger partial charge is 0.0468 e. The van der Waals surface area contributed by atoms with Gasteiger partial charge in [0, 0.05) is 46.0 Å². The maximum Gasteiger partial charge on any atom is 0.0468 e. The summed E-state index contributed by atoms with van der Waals surface area (Å²) in [6.45, 7) is 4.84. The van der Waals surface area contributed by atoms with Crippen molar-refractivity contribution in [3.63, 3.8) is 0 Å². The van der Waals surface area contributed by atoms with Gasteiger partial charge in [-0.05, 0) is 123 Å². The highest BCUT2D eigenvalue weighted by molar-refractivity contribution is 5.89. The van der Waals surface area contributed by atoms with E-state index in [1.807, 2.05) is 0 Å². The van der Waals surface area contributed by atoms with Crippen molar-refractivity contribution >= 4 is 28.4 Å². The average Bonchev–Trinajstić information content (AvgIpc) is 3.53. The fourth-order valence-corrected chi connectivity index (χ4v) is 9.64. The average molecular weight is 761 g/mol. The Labute approximate surface area is 349 Å². The fraction of sp³-hybridized carbons (Fsp3) is 0.123. The zero-order valence-corrected chi connectivity index (χ0v) is 33.7. The molecule has 3 unspecified atom stereocenters. The van der Waals surface area contributed by atoms with Gasteiger partial charge in [0.2, 0.25) is 0 Å². The number of fused-ring (bicyclic) bond motifs is 3. The molecular formula is C57H48N2. The standard InChI is InChI=1S/C57H48N2/c1-57(2)55-26-16-15-25-52(55)53-38-36-50(40-56(53)57)59(48-31-27-42(28-32-48)41-17-7-3-8-18-41)49-35-37-51(54(39-49)43-19-9-4-10-20-43)44-29-33-47(34-30-44)58(45-21-11-5-12-22-45)46-23-13-6-14-24-46/h3-17,19-41,53,56H,18H2,1-2H3. The molecule has 0 fully saturated rings. The number of rotatable bonds is 9. The number of para-hydroxylation sites is 2. The molecule has 2 nitrogen and oxygen atoms in total. The van der Waals surface area contributed by atoms with Crippen LogP contribution in [0.4, 0.5) is 28.4 Å². The Hall–Kier alpha value is -6.90. The highest BCUT2D eigenvalue weighted by atomic mass is 15.2. The molecular weight excluding hydrogens is 713 g/mol. The summed E-state index contributed by atoms with van der Waals surface area (Å²) in [7, 11) is 0. The minimum Gasteiger partial charge on any atom is -0.311 e. The number of benzene rings is 7. The number of nitrogens with zero attached hydrogens (tertiary/aromatic N) is 2. The van der Waals surface area contributed by atoms with Crippen molar-refractivity contribution in [2.24, 2.45) is 5.92 Å². The third-order valence-corrected chi connectivity index (χ3v) is 12.7. The quantitative estimate of drug-likeness (QED) is 0.145. The number of allylic oxidation sites excluding steroid dienone is 7. The van der Waals surface area contributed by atoms with E-state index in [2.05, 4.69) is 248 Å². The van der Waals surface area contributed by atoms with Crippen LogP contribution >= 0.6 is 0 Å². The Morgan fingerprint density at radius 3 is 1.75 bits per heavy atom. The van der Waals surface area contributed by atoms with E-state index >= 15 is 0 Å². The van der Waals surface area contributed by atoms with Gasteiger partial charge >= 0.3 is 0 Å². The van der Waals surface area contributed by atoms with Crippen molar-refractivity contribution in [2.45, 2.75) is 37.5 Å². The first-order valence-corrected chi connectivity index (χ1v) is 21.0. The number of hydrogen-bond donors (Lipinski definition) is 0. The van der Waals surface area contributed by atoms with Crippen LogP contribution in [-0.4, -0.2) is 0 Å². The topological polar surface area (TPSA) is 6.48 Å². The van der Waals surface area contributed by atoms with Crippen LogP contribution in [0.3, 0.4) is 0 Å². The maximum atomic E-state index is 2.55. The summed E-state index contributed by atoms with van der Waals surface area (Å²) in [5.74, 6) is 1.11. The third kappa shape index (κ3) is 6.85. The lowest BCUT2D eigenvalue weighted by Crippen LogP contribution is -2.28. The lowest BCUT2D eigenvalue weighted by atomic mass is 9.74. The molecule has 3 aliphatic carbocycles. The van der Waals surface area contributed by atoms with E-state index in [0.29, 0.717) is 17.8 Å². The van der Waals surface area contributed by atoms with Crippen LogP contribution in [0.2, 0.25) is 0 Å². The molecule has 0 spiro atoms. The highest BCUT2D eigenvalue weighted by Crippen LogP contribution is 2.54. The summed E-state index contributed by atoms with van der Waals surface area (Å²) in [6, 6.07) is 66.5. The van der Waals surface area contributed by atoms with Crippen molar-refractivity contribution in [3.05, 3.63) is 247 Å². The molecule has 59 heavy (non-hydrogen) atoms. The fourth-order valence-electron chi connectivity index (χ4n) is 9.64. The van der Waals surface area contributed by atoms with Gasteiger partial charge in [-0.2, -0.15) is 0 Å². The van der Waals surface area contributed by atoms with Gasteiger partial charge in [0.05, 0.1) is 0 Å². The van der Waals surface area contributed by atoms with E-state index in [1.165, 1.54) is 44.6 Å². The van der Waals surface area contributed by atoms with Crippen molar-refractivity contribution < 1.29 is 0 Å². The summed E-state index contributed by atoms with van der Waals surface area (Å²) in [5, 5.41) is 0. The van der Waals surface area contributed by atoms with E-state index in [0.717, 1.165) is 34.9 Å². The second kappa shape index (κ2) is 15.5. The lowest BCUT2D eigenvalue weighted by Gasteiger charge is -2.35. The molecule has 0 saturated heterocycles. The van der Waals surface area contributed by atoms with Crippen molar-refractivity contribution in [1.82, 2.24) is 0 Å². The van der Waals surface area contributed by atoms with Crippen LogP contribution in [0.1, 0.15) is 48.8 Å². The predicted octanol–water partition coefficient (Wildman–Crippen LogP) is 15.4. The molecule has 3 atom stereocenters. The zero-order chi connectivity index (χ0) is 39.8. The van der Waals surface area contributed by atoms with Crippen LogP contribution in [0.25, 0.3) is 22.3 Å². The monoisotopic (exact) mass is 760 g/mol. The van der Waals surface area contributed by atoms with E-state index in [1.54, 1.807) is 0 Å². The number of hydrogen-bond acceptors (Lipinski definition) is 2. The van der Waals surface area contributed by atoms with Gasteiger partial charge in [0.25, 0.3) is 0 Å². The first-order chi connectivity index (χ1) is 29.0. The van der Waals surface area contributed by atoms with Crippen LogP contribution in [0.15, 0.2) is 230 Å². The molecule has 7 aromatic carbocycles. The number of anilines is 5. The molecule has 0 aromatic heterocycles. The van der Waals surface area contributed by atoms with Crippen LogP contribution in [0, 0.1) is 5.92 Å². The van der Waals surface area contributed by atoms with Crippen LogP contribution in [0.5, 0.6) is 0 Å². The second-order valence-electron chi connectivity index (χ2n) is 16.5. The van der Waals surface area contributed by atoms with Gasteiger partial charge in [0.1, 0.15) is 0 Å². The molecule has 0 radical (unpaired) electrons. The summed E-state index contributed by atoms with van der Waals surface area (Å²) >= 11 is 0. The minimum absolute atomic E-state index is 0.00938. The predicted molar refractivity (Wildman–Crippen MR) is 249 cm³/mol. The Bertz CT molecular complexity index is 2660. The van der Waals surface area contributed by atoms with Gasteiger partial charge in [0.15, 0.2) is 0 Å². The summed E-state index contributed by atoms with van der Waals surface area (Å²) in [5.41, 5.74) is 15.9. The first kappa shape index (κ1) is 36.4.